The van der Waals surface area contributed by atoms with Crippen molar-refractivity contribution in [1.29, 1.82) is 0 Å². The van der Waals surface area contributed by atoms with Crippen molar-refractivity contribution < 1.29 is 23.0 Å². The average molecular weight is 443 g/mol. The van der Waals surface area contributed by atoms with Gasteiger partial charge >= 0.3 is 0 Å². The summed E-state index contributed by atoms with van der Waals surface area (Å²) in [5.74, 6) is -0.222. The van der Waals surface area contributed by atoms with Gasteiger partial charge in [-0.05, 0) is 42.0 Å². The van der Waals surface area contributed by atoms with E-state index in [2.05, 4.69) is 9.97 Å². The second-order valence-corrected chi connectivity index (χ2v) is 7.12. The van der Waals surface area contributed by atoms with E-state index in [9.17, 15) is 13.6 Å². The lowest BCUT2D eigenvalue weighted by Crippen LogP contribution is -2.12. The fourth-order valence-corrected chi connectivity index (χ4v) is 3.26. The molecule has 0 radical (unpaired) electrons. The maximum atomic E-state index is 13.3. The zero-order valence-electron chi connectivity index (χ0n) is 16.1. The fourth-order valence-electron chi connectivity index (χ4n) is 3.13. The van der Waals surface area contributed by atoms with E-state index in [4.69, 9.17) is 21.1 Å². The van der Waals surface area contributed by atoms with Gasteiger partial charge in [-0.15, -0.1) is 0 Å². The predicted molar refractivity (Wildman–Crippen MR) is 113 cm³/mol. The summed E-state index contributed by atoms with van der Waals surface area (Å²) in [5, 5.41) is 1.21. The maximum Gasteiger partial charge on any atom is 0.272 e. The summed E-state index contributed by atoms with van der Waals surface area (Å²) < 4.78 is 36.9. The molecule has 31 heavy (non-hydrogen) atoms. The first-order valence-corrected chi connectivity index (χ1v) is 9.78. The third-order valence-electron chi connectivity index (χ3n) is 4.58. The van der Waals surface area contributed by atoms with E-state index < -0.39 is 13.0 Å². The first-order chi connectivity index (χ1) is 15.0. The molecule has 2 aromatic heterocycles. The fraction of sp³-hybridized carbons (Fsp3) is 0.130. The highest BCUT2D eigenvalue weighted by atomic mass is 35.5. The standard InChI is InChI=1S/C23H17ClF2N2O3/c24-15-8-6-14(7-9-15)12-30-19-5-1-3-17(22(19)31-13-20(25)26)21(29)18-11-28-23-16(18)4-2-10-27-23/h1-11,20H,12-13H2,(H,27,28). The number of nitrogens with zero attached hydrogens (tertiary/aromatic N) is 1. The van der Waals surface area contributed by atoms with Crippen LogP contribution in [0.2, 0.25) is 5.02 Å². The minimum absolute atomic E-state index is 0.0278. The van der Waals surface area contributed by atoms with E-state index in [1.807, 2.05) is 0 Å². The summed E-state index contributed by atoms with van der Waals surface area (Å²) >= 11 is 5.89. The smallest absolute Gasteiger partial charge is 0.272 e. The summed E-state index contributed by atoms with van der Waals surface area (Å²) in [5.41, 5.74) is 1.86. The van der Waals surface area contributed by atoms with Gasteiger partial charge < -0.3 is 14.5 Å². The topological polar surface area (TPSA) is 64.2 Å². The Kier molecular flexibility index (Phi) is 6.13. The molecule has 8 heteroatoms. The number of carbonyl (C=O) groups excluding carboxylic acids is 1. The van der Waals surface area contributed by atoms with Crippen LogP contribution >= 0.6 is 11.6 Å². The number of pyridine rings is 1. The molecule has 1 N–H and O–H groups in total. The number of ether oxygens (including phenoxy) is 2. The van der Waals surface area contributed by atoms with E-state index in [1.54, 1.807) is 54.7 Å². The molecule has 0 fully saturated rings. The second-order valence-electron chi connectivity index (χ2n) is 6.68. The van der Waals surface area contributed by atoms with Crippen LogP contribution in [0.25, 0.3) is 11.0 Å². The predicted octanol–water partition coefficient (Wildman–Crippen LogP) is 5.67. The Hall–Kier alpha value is -3.45. The molecule has 0 aliphatic carbocycles. The molecule has 0 atom stereocenters. The normalized spacial score (nSPS) is 11.1. The Morgan fingerprint density at radius 2 is 1.84 bits per heavy atom. The van der Waals surface area contributed by atoms with Crippen LogP contribution in [0.5, 0.6) is 11.5 Å². The number of ketones is 1. The van der Waals surface area contributed by atoms with E-state index in [1.165, 1.54) is 12.3 Å². The molecule has 2 aromatic carbocycles. The molecule has 0 amide bonds. The lowest BCUT2D eigenvalue weighted by molar-refractivity contribution is 0.0783. The monoisotopic (exact) mass is 442 g/mol. The van der Waals surface area contributed by atoms with Gasteiger partial charge in [0.15, 0.2) is 17.3 Å². The first kappa shape index (κ1) is 20.8. The van der Waals surface area contributed by atoms with Gasteiger partial charge in [0, 0.05) is 28.4 Å². The van der Waals surface area contributed by atoms with Crippen LogP contribution in [0, 0.1) is 0 Å². The zero-order valence-corrected chi connectivity index (χ0v) is 16.9. The van der Waals surface area contributed by atoms with Gasteiger partial charge in [-0.25, -0.2) is 13.8 Å². The van der Waals surface area contributed by atoms with E-state index in [0.29, 0.717) is 21.6 Å². The summed E-state index contributed by atoms with van der Waals surface area (Å²) in [6.07, 6.45) is 0.442. The number of H-pyrrole nitrogens is 1. The average Bonchev–Trinajstić information content (AvgIpc) is 3.21. The first-order valence-electron chi connectivity index (χ1n) is 9.41. The van der Waals surface area contributed by atoms with Crippen LogP contribution < -0.4 is 9.47 Å². The molecule has 2 heterocycles. The van der Waals surface area contributed by atoms with Crippen molar-refractivity contribution in [3.05, 3.63) is 88.7 Å². The number of benzene rings is 2. The number of aromatic amines is 1. The van der Waals surface area contributed by atoms with Gasteiger partial charge in [-0.2, -0.15) is 0 Å². The molecule has 0 saturated heterocycles. The Morgan fingerprint density at radius 3 is 2.61 bits per heavy atom. The highest BCUT2D eigenvalue weighted by molar-refractivity contribution is 6.30. The molecular weight excluding hydrogens is 426 g/mol. The molecule has 5 nitrogen and oxygen atoms in total. The third kappa shape index (κ3) is 4.67. The molecule has 0 aliphatic rings. The van der Waals surface area contributed by atoms with Crippen molar-refractivity contribution in [2.75, 3.05) is 6.61 Å². The van der Waals surface area contributed by atoms with Crippen molar-refractivity contribution in [1.82, 2.24) is 9.97 Å². The van der Waals surface area contributed by atoms with Gasteiger partial charge in [0.05, 0.1) is 5.56 Å². The minimum atomic E-state index is -2.70. The number of rotatable bonds is 8. The summed E-state index contributed by atoms with van der Waals surface area (Å²) in [6, 6.07) is 15.2. The number of fused-ring (bicyclic) bond motifs is 1. The molecule has 0 aliphatic heterocycles. The van der Waals surface area contributed by atoms with Gasteiger partial charge in [-0.3, -0.25) is 4.79 Å². The van der Waals surface area contributed by atoms with Gasteiger partial charge in [0.2, 0.25) is 0 Å². The Morgan fingerprint density at radius 1 is 1.03 bits per heavy atom. The Balaban J connectivity index is 1.68. The van der Waals surface area contributed by atoms with Crippen LogP contribution in [0.3, 0.4) is 0 Å². The summed E-state index contributed by atoms with van der Waals surface area (Å²) in [7, 11) is 0. The van der Waals surface area contributed by atoms with E-state index in [-0.39, 0.29) is 29.5 Å². The molecule has 0 unspecified atom stereocenters. The molecule has 0 spiro atoms. The third-order valence-corrected chi connectivity index (χ3v) is 4.83. The van der Waals surface area contributed by atoms with Crippen LogP contribution in [-0.4, -0.2) is 28.8 Å². The SMILES string of the molecule is O=C(c1cccc(OCc2ccc(Cl)cc2)c1OCC(F)F)c1c[nH]c2ncccc12. The Labute approximate surface area is 181 Å². The van der Waals surface area contributed by atoms with Crippen molar-refractivity contribution >= 4 is 28.4 Å². The molecule has 4 rings (SSSR count). The summed E-state index contributed by atoms with van der Waals surface area (Å²) in [6.45, 7) is -0.714. The van der Waals surface area contributed by atoms with Crippen molar-refractivity contribution in [2.45, 2.75) is 13.0 Å². The number of hydrogen-bond donors (Lipinski definition) is 1. The highest BCUT2D eigenvalue weighted by Gasteiger charge is 2.22. The molecule has 4 aromatic rings. The number of aromatic nitrogens is 2. The van der Waals surface area contributed by atoms with Crippen LogP contribution in [0.1, 0.15) is 21.5 Å². The number of nitrogens with one attached hydrogen (secondary N) is 1. The van der Waals surface area contributed by atoms with Crippen molar-refractivity contribution in [3.8, 4) is 11.5 Å². The quantitative estimate of drug-likeness (QED) is 0.357. The second kappa shape index (κ2) is 9.14. The van der Waals surface area contributed by atoms with E-state index >= 15 is 0 Å². The van der Waals surface area contributed by atoms with Crippen molar-refractivity contribution in [3.63, 3.8) is 0 Å². The number of hydrogen-bond acceptors (Lipinski definition) is 4. The largest absolute Gasteiger partial charge is 0.485 e. The van der Waals surface area contributed by atoms with Gasteiger partial charge in [-0.1, -0.05) is 29.8 Å². The number of carbonyl (C=O) groups is 1. The lowest BCUT2D eigenvalue weighted by Gasteiger charge is -2.16. The van der Waals surface area contributed by atoms with Crippen molar-refractivity contribution in [2.24, 2.45) is 0 Å². The zero-order chi connectivity index (χ0) is 21.8. The maximum absolute atomic E-state index is 13.3. The van der Waals surface area contributed by atoms with Crippen LogP contribution in [0.15, 0.2) is 67.0 Å². The van der Waals surface area contributed by atoms with Gasteiger partial charge in [0.1, 0.15) is 18.9 Å². The van der Waals surface area contributed by atoms with Crippen LogP contribution in [-0.2, 0) is 6.61 Å². The van der Waals surface area contributed by atoms with Gasteiger partial charge in [0.25, 0.3) is 6.43 Å². The summed E-state index contributed by atoms with van der Waals surface area (Å²) in [4.78, 5) is 20.4. The highest BCUT2D eigenvalue weighted by Crippen LogP contribution is 2.35. The number of halogens is 3. The number of para-hydroxylation sites is 1. The molecule has 0 bridgehead atoms. The Bertz CT molecular complexity index is 1210. The molecular formula is C23H17ClF2N2O3. The molecule has 158 valence electrons. The van der Waals surface area contributed by atoms with Crippen LogP contribution in [0.4, 0.5) is 8.78 Å². The minimum Gasteiger partial charge on any atom is -0.485 e. The van der Waals surface area contributed by atoms with E-state index in [0.717, 1.165) is 5.56 Å². The lowest BCUT2D eigenvalue weighted by atomic mass is 10.0. The molecule has 0 saturated carbocycles. The number of alkyl halides is 2.